The molecule has 1 N–H and O–H groups in total. The van der Waals surface area contributed by atoms with Crippen LogP contribution in [0.1, 0.15) is 55.8 Å². The normalized spacial score (nSPS) is 24.7. The first-order valence-corrected chi connectivity index (χ1v) is 8.08. The number of unbranched alkanes of at least 4 members (excludes halogenated alkanes) is 1. The molecular formula is C18H24O4. The van der Waals surface area contributed by atoms with Gasteiger partial charge in [0.05, 0.1) is 12.5 Å². The summed E-state index contributed by atoms with van der Waals surface area (Å²) in [4.78, 5) is 25.0. The molecule has 0 spiro atoms. The molecule has 1 aliphatic carbocycles. The lowest BCUT2D eigenvalue weighted by molar-refractivity contribution is -0.158. The highest BCUT2D eigenvalue weighted by atomic mass is 16.5. The lowest BCUT2D eigenvalue weighted by Crippen LogP contribution is -2.51. The molecule has 0 bridgehead atoms. The molecule has 0 aliphatic heterocycles. The SMILES string of the molecule is CCCCOC(=O)[C@H]1CCCC[C@]1(O)C(=O)c1ccccc1. The van der Waals surface area contributed by atoms with Gasteiger partial charge in [-0.1, -0.05) is 56.5 Å². The van der Waals surface area contributed by atoms with Crippen molar-refractivity contribution >= 4 is 11.8 Å². The number of ketones is 1. The maximum Gasteiger partial charge on any atom is 0.312 e. The molecule has 0 unspecified atom stereocenters. The molecule has 0 radical (unpaired) electrons. The Morgan fingerprint density at radius 3 is 2.68 bits per heavy atom. The zero-order valence-corrected chi connectivity index (χ0v) is 13.1. The van der Waals surface area contributed by atoms with Crippen molar-refractivity contribution < 1.29 is 19.4 Å². The van der Waals surface area contributed by atoms with E-state index in [2.05, 4.69) is 0 Å². The van der Waals surface area contributed by atoms with Gasteiger partial charge in [0.2, 0.25) is 0 Å². The fourth-order valence-electron chi connectivity index (χ4n) is 3.00. The smallest absolute Gasteiger partial charge is 0.312 e. The molecule has 1 saturated carbocycles. The van der Waals surface area contributed by atoms with Gasteiger partial charge in [0, 0.05) is 5.56 Å². The number of Topliss-reactive ketones (excluding diaryl/α,β-unsaturated/α-hetero) is 1. The van der Waals surface area contributed by atoms with Crippen molar-refractivity contribution in [2.75, 3.05) is 6.61 Å². The minimum Gasteiger partial charge on any atom is -0.465 e. The van der Waals surface area contributed by atoms with Crippen LogP contribution in [0.5, 0.6) is 0 Å². The lowest BCUT2D eigenvalue weighted by atomic mass is 9.71. The van der Waals surface area contributed by atoms with Crippen LogP contribution in [0.15, 0.2) is 30.3 Å². The molecule has 2 atom stereocenters. The third kappa shape index (κ3) is 3.55. The number of esters is 1. The van der Waals surface area contributed by atoms with Crippen molar-refractivity contribution in [3.05, 3.63) is 35.9 Å². The molecule has 0 heterocycles. The zero-order chi connectivity index (χ0) is 16.0. The molecule has 1 aromatic carbocycles. The average Bonchev–Trinajstić information content (AvgIpc) is 2.55. The topological polar surface area (TPSA) is 63.6 Å². The minimum atomic E-state index is -1.64. The predicted molar refractivity (Wildman–Crippen MR) is 83.5 cm³/mol. The standard InChI is InChI=1S/C18H24O4/c1-2-3-13-22-17(20)15-11-7-8-12-18(15,21)16(19)14-9-5-4-6-10-14/h4-6,9-10,15,21H,2-3,7-8,11-13H2,1H3/t15-,18-/m1/s1. The van der Waals surface area contributed by atoms with E-state index >= 15 is 0 Å². The number of carbonyl (C=O) groups excluding carboxylic acids is 2. The molecule has 4 heteroatoms. The van der Waals surface area contributed by atoms with Crippen molar-refractivity contribution in [3.63, 3.8) is 0 Å². The summed E-state index contributed by atoms with van der Waals surface area (Å²) in [5.74, 6) is -1.57. The third-order valence-corrected chi connectivity index (χ3v) is 4.33. The predicted octanol–water partition coefficient (Wildman–Crippen LogP) is 3.13. The van der Waals surface area contributed by atoms with Gasteiger partial charge in [0.25, 0.3) is 0 Å². The molecule has 22 heavy (non-hydrogen) atoms. The van der Waals surface area contributed by atoms with Crippen LogP contribution in [-0.2, 0) is 9.53 Å². The second kappa shape index (κ2) is 7.54. The maximum absolute atomic E-state index is 12.7. The van der Waals surface area contributed by atoms with Crippen molar-refractivity contribution in [1.82, 2.24) is 0 Å². The van der Waals surface area contributed by atoms with Crippen molar-refractivity contribution in [3.8, 4) is 0 Å². The Balaban J connectivity index is 2.17. The van der Waals surface area contributed by atoms with Crippen LogP contribution in [0.4, 0.5) is 0 Å². The number of hydrogen-bond donors (Lipinski definition) is 1. The van der Waals surface area contributed by atoms with E-state index in [0.717, 1.165) is 25.7 Å². The first-order chi connectivity index (χ1) is 10.6. The molecule has 0 aromatic heterocycles. The second-order valence-corrected chi connectivity index (χ2v) is 5.94. The molecule has 0 amide bonds. The highest BCUT2D eigenvalue weighted by molar-refractivity contribution is 6.04. The van der Waals surface area contributed by atoms with Crippen LogP contribution in [-0.4, -0.2) is 29.1 Å². The average molecular weight is 304 g/mol. The maximum atomic E-state index is 12.7. The van der Waals surface area contributed by atoms with Crippen LogP contribution in [0, 0.1) is 5.92 Å². The first kappa shape index (κ1) is 16.7. The fourth-order valence-corrected chi connectivity index (χ4v) is 3.00. The Morgan fingerprint density at radius 1 is 1.27 bits per heavy atom. The molecule has 2 rings (SSSR count). The van der Waals surface area contributed by atoms with E-state index < -0.39 is 17.5 Å². The molecule has 120 valence electrons. The molecule has 1 aliphatic rings. The van der Waals surface area contributed by atoms with Gasteiger partial charge < -0.3 is 9.84 Å². The quantitative estimate of drug-likeness (QED) is 0.498. The number of benzene rings is 1. The van der Waals surface area contributed by atoms with Gasteiger partial charge in [0.15, 0.2) is 5.78 Å². The van der Waals surface area contributed by atoms with E-state index in [1.165, 1.54) is 0 Å². The van der Waals surface area contributed by atoms with Gasteiger partial charge in [0.1, 0.15) is 5.60 Å². The summed E-state index contributed by atoms with van der Waals surface area (Å²) >= 11 is 0. The highest BCUT2D eigenvalue weighted by Gasteiger charge is 2.49. The van der Waals surface area contributed by atoms with E-state index in [9.17, 15) is 14.7 Å². The molecule has 1 fully saturated rings. The fraction of sp³-hybridized carbons (Fsp3) is 0.556. The van der Waals surface area contributed by atoms with Crippen LogP contribution in [0.25, 0.3) is 0 Å². The number of hydrogen-bond acceptors (Lipinski definition) is 4. The monoisotopic (exact) mass is 304 g/mol. The third-order valence-electron chi connectivity index (χ3n) is 4.33. The Morgan fingerprint density at radius 2 is 2.00 bits per heavy atom. The minimum absolute atomic E-state index is 0.314. The summed E-state index contributed by atoms with van der Waals surface area (Å²) in [5.41, 5.74) is -1.19. The Labute approximate surface area is 131 Å². The van der Waals surface area contributed by atoms with E-state index in [-0.39, 0.29) is 5.78 Å². The zero-order valence-electron chi connectivity index (χ0n) is 13.1. The van der Waals surface area contributed by atoms with E-state index in [4.69, 9.17) is 4.74 Å². The summed E-state index contributed by atoms with van der Waals surface area (Å²) in [6.45, 7) is 2.37. The first-order valence-electron chi connectivity index (χ1n) is 8.08. The van der Waals surface area contributed by atoms with Crippen LogP contribution < -0.4 is 0 Å². The van der Waals surface area contributed by atoms with Gasteiger partial charge in [-0.3, -0.25) is 9.59 Å². The summed E-state index contributed by atoms with van der Waals surface area (Å²) in [5, 5.41) is 10.9. The van der Waals surface area contributed by atoms with Gasteiger partial charge in [-0.15, -0.1) is 0 Å². The van der Waals surface area contributed by atoms with Crippen LogP contribution in [0.3, 0.4) is 0 Å². The summed E-state index contributed by atoms with van der Waals surface area (Å²) in [6, 6.07) is 8.68. The van der Waals surface area contributed by atoms with Crippen LogP contribution >= 0.6 is 0 Å². The van der Waals surface area contributed by atoms with Gasteiger partial charge >= 0.3 is 5.97 Å². The number of aliphatic hydroxyl groups is 1. The van der Waals surface area contributed by atoms with Crippen molar-refractivity contribution in [2.45, 2.75) is 51.0 Å². The largest absolute Gasteiger partial charge is 0.465 e. The summed E-state index contributed by atoms with van der Waals surface area (Å²) in [6.07, 6.45) is 4.12. The molecule has 1 aromatic rings. The molecule has 0 saturated heterocycles. The second-order valence-electron chi connectivity index (χ2n) is 5.94. The molecule has 4 nitrogen and oxygen atoms in total. The van der Waals surface area contributed by atoms with Crippen molar-refractivity contribution in [2.24, 2.45) is 5.92 Å². The van der Waals surface area contributed by atoms with Crippen LogP contribution in [0.2, 0.25) is 0 Å². The summed E-state index contributed by atoms with van der Waals surface area (Å²) in [7, 11) is 0. The number of ether oxygens (including phenoxy) is 1. The highest BCUT2D eigenvalue weighted by Crippen LogP contribution is 2.37. The van der Waals surface area contributed by atoms with Gasteiger partial charge in [-0.2, -0.15) is 0 Å². The Hall–Kier alpha value is -1.68. The number of carbonyl (C=O) groups is 2. The Kier molecular flexibility index (Phi) is 5.72. The summed E-state index contributed by atoms with van der Waals surface area (Å²) < 4.78 is 5.25. The van der Waals surface area contributed by atoms with E-state index in [1.807, 2.05) is 13.0 Å². The number of rotatable bonds is 6. The van der Waals surface area contributed by atoms with Crippen molar-refractivity contribution in [1.29, 1.82) is 0 Å². The Bertz CT molecular complexity index is 511. The van der Waals surface area contributed by atoms with E-state index in [0.29, 0.717) is 25.0 Å². The molecular weight excluding hydrogens is 280 g/mol. The van der Waals surface area contributed by atoms with Gasteiger partial charge in [-0.05, 0) is 19.3 Å². The van der Waals surface area contributed by atoms with E-state index in [1.54, 1.807) is 24.3 Å². The van der Waals surface area contributed by atoms with Gasteiger partial charge in [-0.25, -0.2) is 0 Å². The lowest BCUT2D eigenvalue weighted by Gasteiger charge is -2.37.